The van der Waals surface area contributed by atoms with E-state index in [0.29, 0.717) is 23.0 Å². The number of nitro groups is 1. The summed E-state index contributed by atoms with van der Waals surface area (Å²) < 4.78 is 1.01. The quantitative estimate of drug-likeness (QED) is 0.284. The van der Waals surface area contributed by atoms with Gasteiger partial charge in [-0.25, -0.2) is 0 Å². The van der Waals surface area contributed by atoms with Crippen molar-refractivity contribution in [1.82, 2.24) is 4.90 Å². The maximum Gasteiger partial charge on any atom is 0.294 e. The van der Waals surface area contributed by atoms with E-state index in [-0.39, 0.29) is 10.6 Å². The minimum absolute atomic E-state index is 0.104. The minimum Gasteiger partial charge on any atom is -0.325 e. The van der Waals surface area contributed by atoms with Crippen LogP contribution in [0.5, 0.6) is 0 Å². The van der Waals surface area contributed by atoms with Crippen molar-refractivity contribution in [1.29, 1.82) is 0 Å². The number of hydrogen-bond donors (Lipinski definition) is 1. The van der Waals surface area contributed by atoms with Gasteiger partial charge in [-0.1, -0.05) is 12.1 Å². The number of carbonyl (C=O) groups excluding carboxylic acids is 3. The Morgan fingerprint density at radius 2 is 1.93 bits per heavy atom. The summed E-state index contributed by atoms with van der Waals surface area (Å²) in [6.07, 6.45) is 1.40. The van der Waals surface area contributed by atoms with Crippen molar-refractivity contribution in [3.8, 4) is 0 Å². The smallest absolute Gasteiger partial charge is 0.294 e. The SMILES string of the molecule is O=C(CN1C(=O)S/C(=C/c2cccc([N+](=O)[O-])c2)C1=O)Nc1ccc(I)cc1. The largest absolute Gasteiger partial charge is 0.325 e. The molecule has 0 spiro atoms. The number of non-ortho nitro benzene ring substituents is 1. The van der Waals surface area contributed by atoms with Gasteiger partial charge in [0.15, 0.2) is 0 Å². The Hall–Kier alpha value is -2.73. The Labute approximate surface area is 177 Å². The Morgan fingerprint density at radius 3 is 2.61 bits per heavy atom. The molecule has 0 radical (unpaired) electrons. The lowest BCUT2D eigenvalue weighted by molar-refractivity contribution is -0.384. The van der Waals surface area contributed by atoms with Gasteiger partial charge in [-0.3, -0.25) is 29.4 Å². The molecule has 0 saturated carbocycles. The van der Waals surface area contributed by atoms with Crippen LogP contribution in [0.3, 0.4) is 0 Å². The molecule has 1 aliphatic heterocycles. The van der Waals surface area contributed by atoms with Gasteiger partial charge in [-0.15, -0.1) is 0 Å². The van der Waals surface area contributed by atoms with E-state index in [1.54, 1.807) is 18.2 Å². The van der Waals surface area contributed by atoms with Crippen LogP contribution in [0, 0.1) is 13.7 Å². The maximum atomic E-state index is 12.5. The molecular weight excluding hydrogens is 497 g/mol. The second-order valence-electron chi connectivity index (χ2n) is 5.68. The number of anilines is 1. The Bertz CT molecular complexity index is 1010. The van der Waals surface area contributed by atoms with Gasteiger partial charge in [0, 0.05) is 21.4 Å². The molecule has 10 heteroatoms. The van der Waals surface area contributed by atoms with Crippen LogP contribution < -0.4 is 5.32 Å². The standard InChI is InChI=1S/C18H12IN3O5S/c19-12-4-6-13(7-5-12)20-16(23)10-21-17(24)15(28-18(21)25)9-11-2-1-3-14(8-11)22(26)27/h1-9H,10H2,(H,20,23)/b15-9+. The monoisotopic (exact) mass is 509 g/mol. The molecule has 2 aromatic carbocycles. The molecule has 1 saturated heterocycles. The number of imide groups is 1. The molecule has 8 nitrogen and oxygen atoms in total. The third-order valence-corrected chi connectivity index (χ3v) is 5.31. The van der Waals surface area contributed by atoms with E-state index in [2.05, 4.69) is 27.9 Å². The molecule has 1 heterocycles. The van der Waals surface area contributed by atoms with Crippen LogP contribution >= 0.6 is 34.4 Å². The van der Waals surface area contributed by atoms with E-state index in [9.17, 15) is 24.5 Å². The highest BCUT2D eigenvalue weighted by Crippen LogP contribution is 2.32. The summed E-state index contributed by atoms with van der Waals surface area (Å²) in [5, 5.41) is 12.9. The zero-order valence-electron chi connectivity index (χ0n) is 14.1. The van der Waals surface area contributed by atoms with Crippen LogP contribution in [0.1, 0.15) is 5.56 Å². The molecule has 0 unspecified atom stereocenters. The predicted octanol–water partition coefficient (Wildman–Crippen LogP) is 3.87. The first-order valence-corrected chi connectivity index (χ1v) is 9.78. The Balaban J connectivity index is 1.71. The normalized spacial score (nSPS) is 15.2. The molecule has 1 aliphatic rings. The number of nitrogens with zero attached hydrogens (tertiary/aromatic N) is 2. The highest BCUT2D eigenvalue weighted by Gasteiger charge is 2.36. The zero-order valence-corrected chi connectivity index (χ0v) is 17.1. The second-order valence-corrected chi connectivity index (χ2v) is 7.91. The van der Waals surface area contributed by atoms with Gasteiger partial charge >= 0.3 is 0 Å². The van der Waals surface area contributed by atoms with Gasteiger partial charge in [0.05, 0.1) is 9.83 Å². The van der Waals surface area contributed by atoms with Crippen LogP contribution in [0.15, 0.2) is 53.4 Å². The number of nitrogens with one attached hydrogen (secondary N) is 1. The first-order chi connectivity index (χ1) is 13.3. The Morgan fingerprint density at radius 1 is 1.21 bits per heavy atom. The molecule has 0 aliphatic carbocycles. The maximum absolute atomic E-state index is 12.5. The molecule has 28 heavy (non-hydrogen) atoms. The fourth-order valence-electron chi connectivity index (χ4n) is 2.39. The summed E-state index contributed by atoms with van der Waals surface area (Å²) in [4.78, 5) is 48.0. The lowest BCUT2D eigenvalue weighted by Gasteiger charge is -2.12. The van der Waals surface area contributed by atoms with Crippen molar-refractivity contribution in [3.05, 3.63) is 72.7 Å². The van der Waals surface area contributed by atoms with Crippen LogP contribution in [-0.2, 0) is 9.59 Å². The van der Waals surface area contributed by atoms with Gasteiger partial charge in [0.1, 0.15) is 6.54 Å². The molecule has 3 rings (SSSR count). The van der Waals surface area contributed by atoms with Crippen molar-refractivity contribution in [2.75, 3.05) is 11.9 Å². The van der Waals surface area contributed by atoms with Crippen LogP contribution in [0.2, 0.25) is 0 Å². The molecule has 142 valence electrons. The number of nitro benzene ring substituents is 1. The number of carbonyl (C=O) groups is 3. The molecule has 0 aromatic heterocycles. The molecule has 2 aromatic rings. The number of thioether (sulfide) groups is 1. The third-order valence-electron chi connectivity index (χ3n) is 3.68. The fourth-order valence-corrected chi connectivity index (χ4v) is 3.59. The molecule has 1 fully saturated rings. The van der Waals surface area contributed by atoms with Crippen molar-refractivity contribution in [2.24, 2.45) is 0 Å². The summed E-state index contributed by atoms with van der Waals surface area (Å²) in [5.74, 6) is -1.11. The molecule has 0 atom stereocenters. The van der Waals surface area contributed by atoms with Gasteiger partial charge in [-0.2, -0.15) is 0 Å². The summed E-state index contributed by atoms with van der Waals surface area (Å²) in [7, 11) is 0. The van der Waals surface area contributed by atoms with Crippen molar-refractivity contribution < 1.29 is 19.3 Å². The lowest BCUT2D eigenvalue weighted by atomic mass is 10.2. The van der Waals surface area contributed by atoms with Crippen molar-refractivity contribution in [2.45, 2.75) is 0 Å². The van der Waals surface area contributed by atoms with Gasteiger partial charge in [0.2, 0.25) is 5.91 Å². The zero-order chi connectivity index (χ0) is 20.3. The number of rotatable bonds is 5. The van der Waals surface area contributed by atoms with Gasteiger partial charge in [-0.05, 0) is 70.3 Å². The first kappa shape index (κ1) is 20.0. The van der Waals surface area contributed by atoms with E-state index >= 15 is 0 Å². The Kier molecular flexibility index (Phi) is 6.09. The fraction of sp³-hybridized carbons (Fsp3) is 0.0556. The topological polar surface area (TPSA) is 110 Å². The second kappa shape index (κ2) is 8.52. The van der Waals surface area contributed by atoms with Crippen LogP contribution in [0.4, 0.5) is 16.2 Å². The highest BCUT2D eigenvalue weighted by atomic mass is 127. The average Bonchev–Trinajstić information content (AvgIpc) is 2.91. The number of hydrogen-bond acceptors (Lipinski definition) is 6. The number of benzene rings is 2. The van der Waals surface area contributed by atoms with E-state index in [0.717, 1.165) is 8.47 Å². The predicted molar refractivity (Wildman–Crippen MR) is 114 cm³/mol. The van der Waals surface area contributed by atoms with Crippen LogP contribution in [0.25, 0.3) is 6.08 Å². The van der Waals surface area contributed by atoms with E-state index in [4.69, 9.17) is 0 Å². The molecular formula is C18H12IN3O5S. The molecule has 0 bridgehead atoms. The number of halogens is 1. The van der Waals surface area contributed by atoms with Crippen molar-refractivity contribution in [3.63, 3.8) is 0 Å². The van der Waals surface area contributed by atoms with Gasteiger partial charge < -0.3 is 5.32 Å². The molecule has 3 amide bonds. The van der Waals surface area contributed by atoms with Crippen molar-refractivity contribution >= 4 is 68.9 Å². The highest BCUT2D eigenvalue weighted by molar-refractivity contribution is 14.1. The molecule has 1 N–H and O–H groups in total. The number of amides is 3. The average molecular weight is 509 g/mol. The summed E-state index contributed by atoms with van der Waals surface area (Å²) in [6.45, 7) is -0.414. The third kappa shape index (κ3) is 4.75. The van der Waals surface area contributed by atoms with Crippen LogP contribution in [-0.4, -0.2) is 33.4 Å². The summed E-state index contributed by atoms with van der Waals surface area (Å²) >= 11 is 2.82. The minimum atomic E-state index is -0.612. The van der Waals surface area contributed by atoms with E-state index in [1.165, 1.54) is 24.3 Å². The summed E-state index contributed by atoms with van der Waals surface area (Å²) in [6, 6.07) is 12.8. The van der Waals surface area contributed by atoms with Gasteiger partial charge in [0.25, 0.3) is 16.8 Å². The van der Waals surface area contributed by atoms with E-state index < -0.39 is 28.5 Å². The summed E-state index contributed by atoms with van der Waals surface area (Å²) in [5.41, 5.74) is 0.859. The van der Waals surface area contributed by atoms with E-state index in [1.807, 2.05) is 12.1 Å². The first-order valence-electron chi connectivity index (χ1n) is 7.89. The lowest BCUT2D eigenvalue weighted by Crippen LogP contribution is -2.36.